The van der Waals surface area contributed by atoms with E-state index >= 15 is 0 Å². The van der Waals surface area contributed by atoms with E-state index in [1.165, 1.54) is 12.1 Å². The van der Waals surface area contributed by atoms with Crippen LogP contribution in [0.15, 0.2) is 82.7 Å². The molecule has 0 saturated carbocycles. The predicted molar refractivity (Wildman–Crippen MR) is 120 cm³/mol. The van der Waals surface area contributed by atoms with Crippen molar-refractivity contribution < 1.29 is 21.6 Å². The van der Waals surface area contributed by atoms with Crippen LogP contribution in [-0.4, -0.2) is 18.0 Å². The van der Waals surface area contributed by atoms with Gasteiger partial charge in [0.2, 0.25) is 9.84 Å². The molecule has 0 aliphatic rings. The second-order valence-electron chi connectivity index (χ2n) is 7.85. The number of hydrogen-bond donors (Lipinski definition) is 0. The van der Waals surface area contributed by atoms with Crippen molar-refractivity contribution in [3.05, 3.63) is 95.2 Å². The molecular formula is C25H21F3N2O2S. The largest absolute Gasteiger partial charge is 0.436 e. The second kappa shape index (κ2) is 8.19. The zero-order valence-electron chi connectivity index (χ0n) is 18.2. The zero-order chi connectivity index (χ0) is 24.0. The van der Waals surface area contributed by atoms with E-state index in [-0.39, 0.29) is 10.7 Å². The molecule has 0 fully saturated rings. The summed E-state index contributed by atoms with van der Waals surface area (Å²) in [6.07, 6.45) is -4.99. The van der Waals surface area contributed by atoms with Gasteiger partial charge in [0, 0.05) is 5.56 Å². The number of hydrogen-bond acceptors (Lipinski definition) is 3. The average Bonchev–Trinajstić information content (AvgIpc) is 3.16. The fraction of sp³-hybridized carbons (Fsp3) is 0.160. The van der Waals surface area contributed by atoms with Crippen LogP contribution in [0.25, 0.3) is 17.1 Å². The van der Waals surface area contributed by atoms with Crippen LogP contribution in [0.4, 0.5) is 13.2 Å². The fourth-order valence-electron chi connectivity index (χ4n) is 3.81. The SMILES string of the molecule is Cc1ccc(S(=O)(=O)c2c(C(F)(F)F)nc(-c3ccccc3)n2-c2c(C)cccc2C)cc1. The summed E-state index contributed by atoms with van der Waals surface area (Å²) in [5, 5.41) is -0.893. The molecule has 33 heavy (non-hydrogen) atoms. The highest BCUT2D eigenvalue weighted by Crippen LogP contribution is 2.41. The van der Waals surface area contributed by atoms with Gasteiger partial charge in [0.1, 0.15) is 5.82 Å². The number of aryl methyl sites for hydroxylation is 3. The van der Waals surface area contributed by atoms with Crippen molar-refractivity contribution in [3.8, 4) is 17.1 Å². The quantitative estimate of drug-likeness (QED) is 0.351. The lowest BCUT2D eigenvalue weighted by Gasteiger charge is -2.18. The molecule has 4 aromatic rings. The molecule has 170 valence electrons. The van der Waals surface area contributed by atoms with Crippen molar-refractivity contribution in [2.75, 3.05) is 0 Å². The van der Waals surface area contributed by atoms with Gasteiger partial charge in [-0.05, 0) is 44.0 Å². The maximum atomic E-state index is 14.2. The first kappa shape index (κ1) is 22.8. The van der Waals surface area contributed by atoms with Gasteiger partial charge in [-0.3, -0.25) is 4.57 Å². The van der Waals surface area contributed by atoms with Gasteiger partial charge in [-0.1, -0.05) is 66.2 Å². The number of sulfone groups is 1. The Morgan fingerprint density at radius 2 is 1.36 bits per heavy atom. The fourth-order valence-corrected chi connectivity index (χ4v) is 5.37. The van der Waals surface area contributed by atoms with Crippen LogP contribution in [-0.2, 0) is 16.0 Å². The van der Waals surface area contributed by atoms with Crippen LogP contribution in [0.5, 0.6) is 0 Å². The Labute approximate surface area is 190 Å². The van der Waals surface area contributed by atoms with Crippen LogP contribution in [0.1, 0.15) is 22.4 Å². The van der Waals surface area contributed by atoms with Gasteiger partial charge >= 0.3 is 6.18 Å². The Kier molecular flexibility index (Phi) is 5.66. The van der Waals surface area contributed by atoms with Crippen molar-refractivity contribution in [3.63, 3.8) is 0 Å². The van der Waals surface area contributed by atoms with E-state index in [0.29, 0.717) is 22.4 Å². The lowest BCUT2D eigenvalue weighted by molar-refractivity contribution is -0.143. The van der Waals surface area contributed by atoms with E-state index in [1.54, 1.807) is 81.4 Å². The minimum atomic E-state index is -4.99. The number of para-hydroxylation sites is 1. The van der Waals surface area contributed by atoms with E-state index in [9.17, 15) is 21.6 Å². The molecule has 0 amide bonds. The number of aromatic nitrogens is 2. The minimum Gasteiger partial charge on any atom is -0.282 e. The standard InChI is InChI=1S/C25H21F3N2O2S/c1-16-12-14-20(15-13-16)33(31,32)24-22(25(26,27)28)29-23(19-10-5-4-6-11-19)30(24)21-17(2)8-7-9-18(21)3/h4-15H,1-3H3. The second-order valence-corrected chi connectivity index (χ2v) is 9.71. The van der Waals surface area contributed by atoms with Gasteiger partial charge in [0.15, 0.2) is 10.7 Å². The van der Waals surface area contributed by atoms with Gasteiger partial charge in [-0.2, -0.15) is 13.2 Å². The number of benzene rings is 3. The van der Waals surface area contributed by atoms with Gasteiger partial charge in [-0.25, -0.2) is 13.4 Å². The smallest absolute Gasteiger partial charge is 0.282 e. The molecule has 0 atom stereocenters. The number of imidazole rings is 1. The topological polar surface area (TPSA) is 52.0 Å². The van der Waals surface area contributed by atoms with E-state index in [1.807, 2.05) is 0 Å². The average molecular weight is 471 g/mol. The molecule has 3 aromatic carbocycles. The lowest BCUT2D eigenvalue weighted by Crippen LogP contribution is -2.17. The minimum absolute atomic E-state index is 0.0917. The summed E-state index contributed by atoms with van der Waals surface area (Å²) in [6, 6.07) is 19.2. The molecule has 0 saturated heterocycles. The van der Waals surface area contributed by atoms with E-state index in [2.05, 4.69) is 4.98 Å². The molecule has 4 nitrogen and oxygen atoms in total. The molecular weight excluding hydrogens is 449 g/mol. The maximum absolute atomic E-state index is 14.2. The monoisotopic (exact) mass is 470 g/mol. The first-order valence-corrected chi connectivity index (χ1v) is 11.6. The van der Waals surface area contributed by atoms with Gasteiger partial charge < -0.3 is 0 Å². The normalized spacial score (nSPS) is 12.2. The Bertz CT molecular complexity index is 1400. The number of alkyl halides is 3. The first-order chi connectivity index (χ1) is 15.5. The maximum Gasteiger partial charge on any atom is 0.436 e. The number of halogens is 3. The van der Waals surface area contributed by atoms with Crippen molar-refractivity contribution in [2.24, 2.45) is 0 Å². The summed E-state index contributed by atoms with van der Waals surface area (Å²) in [5.41, 5.74) is 1.32. The molecule has 0 unspecified atom stereocenters. The Morgan fingerprint density at radius 1 is 0.788 bits per heavy atom. The van der Waals surface area contributed by atoms with Gasteiger partial charge in [-0.15, -0.1) is 0 Å². The summed E-state index contributed by atoms with van der Waals surface area (Å²) in [6.45, 7) is 5.23. The third kappa shape index (κ3) is 4.06. The Hall–Kier alpha value is -3.39. The molecule has 1 aromatic heterocycles. The zero-order valence-corrected chi connectivity index (χ0v) is 19.0. The van der Waals surface area contributed by atoms with Crippen LogP contribution in [0.3, 0.4) is 0 Å². The molecule has 8 heteroatoms. The highest BCUT2D eigenvalue weighted by molar-refractivity contribution is 7.91. The lowest BCUT2D eigenvalue weighted by atomic mass is 10.1. The molecule has 1 heterocycles. The molecule has 0 spiro atoms. The Morgan fingerprint density at radius 3 is 1.91 bits per heavy atom. The third-order valence-corrected chi connectivity index (χ3v) is 7.16. The number of rotatable bonds is 4. The highest BCUT2D eigenvalue weighted by Gasteiger charge is 2.44. The molecule has 0 radical (unpaired) electrons. The van der Waals surface area contributed by atoms with E-state index < -0.39 is 26.7 Å². The summed E-state index contributed by atoms with van der Waals surface area (Å²) in [4.78, 5) is 3.65. The molecule has 0 aliphatic carbocycles. The van der Waals surface area contributed by atoms with E-state index in [4.69, 9.17) is 0 Å². The molecule has 0 N–H and O–H groups in total. The summed E-state index contributed by atoms with van der Waals surface area (Å²) < 4.78 is 71.3. The molecule has 4 rings (SSSR count). The van der Waals surface area contributed by atoms with Crippen molar-refractivity contribution in [1.29, 1.82) is 0 Å². The van der Waals surface area contributed by atoms with Gasteiger partial charge in [0.05, 0.1) is 10.6 Å². The van der Waals surface area contributed by atoms with E-state index in [0.717, 1.165) is 10.1 Å². The Balaban J connectivity index is 2.20. The number of nitrogens with zero attached hydrogens (tertiary/aromatic N) is 2. The highest BCUT2D eigenvalue weighted by atomic mass is 32.2. The van der Waals surface area contributed by atoms with Crippen LogP contribution < -0.4 is 0 Å². The first-order valence-electron chi connectivity index (χ1n) is 10.2. The summed E-state index contributed by atoms with van der Waals surface area (Å²) in [7, 11) is -4.59. The third-order valence-electron chi connectivity index (χ3n) is 5.38. The predicted octanol–water partition coefficient (Wildman–Crippen LogP) is 6.32. The summed E-state index contributed by atoms with van der Waals surface area (Å²) in [5.74, 6) is -0.0917. The molecule has 0 bridgehead atoms. The van der Waals surface area contributed by atoms with Crippen LogP contribution in [0, 0.1) is 20.8 Å². The summed E-state index contributed by atoms with van der Waals surface area (Å²) >= 11 is 0. The van der Waals surface area contributed by atoms with Crippen LogP contribution >= 0.6 is 0 Å². The van der Waals surface area contributed by atoms with Gasteiger partial charge in [0.25, 0.3) is 0 Å². The molecule has 0 aliphatic heterocycles. The van der Waals surface area contributed by atoms with Crippen molar-refractivity contribution in [1.82, 2.24) is 9.55 Å². The van der Waals surface area contributed by atoms with Crippen LogP contribution in [0.2, 0.25) is 0 Å². The van der Waals surface area contributed by atoms with Crippen molar-refractivity contribution >= 4 is 9.84 Å². The van der Waals surface area contributed by atoms with Crippen molar-refractivity contribution in [2.45, 2.75) is 36.9 Å².